The standard InChI is InChI=1S/C8H5F2N.C2H6/c1-5-7(9)3-2-6(4-11)8(5)10;1-2/h2-3H,1H3;1-2H3. The number of rotatable bonds is 0. The maximum atomic E-state index is 12.8. The van der Waals surface area contributed by atoms with Crippen LogP contribution in [-0.4, -0.2) is 0 Å². The van der Waals surface area contributed by atoms with Crippen molar-refractivity contribution < 1.29 is 8.78 Å². The molecule has 0 aliphatic heterocycles. The third-order valence-corrected chi connectivity index (χ3v) is 1.44. The Morgan fingerprint density at radius 3 is 2.23 bits per heavy atom. The van der Waals surface area contributed by atoms with Crippen molar-refractivity contribution in [3.05, 3.63) is 34.9 Å². The molecule has 0 saturated carbocycles. The van der Waals surface area contributed by atoms with Gasteiger partial charge in [0.1, 0.15) is 17.7 Å². The fraction of sp³-hybridized carbons (Fsp3) is 0.300. The molecule has 70 valence electrons. The first kappa shape index (κ1) is 11.6. The summed E-state index contributed by atoms with van der Waals surface area (Å²) in [5, 5.41) is 8.32. The van der Waals surface area contributed by atoms with Crippen LogP contribution < -0.4 is 0 Å². The van der Waals surface area contributed by atoms with Gasteiger partial charge in [-0.05, 0) is 19.1 Å². The van der Waals surface area contributed by atoms with Crippen molar-refractivity contribution in [3.8, 4) is 6.07 Å². The molecule has 1 nitrogen and oxygen atoms in total. The van der Waals surface area contributed by atoms with Crippen molar-refractivity contribution in [1.29, 1.82) is 5.26 Å². The predicted octanol–water partition coefficient (Wildman–Crippen LogP) is 3.17. The Balaban J connectivity index is 0.000000671. The van der Waals surface area contributed by atoms with Crippen LogP contribution in [0.3, 0.4) is 0 Å². The minimum atomic E-state index is -0.771. The van der Waals surface area contributed by atoms with Crippen LogP contribution in [0.5, 0.6) is 0 Å². The molecule has 0 aliphatic rings. The summed E-state index contributed by atoms with van der Waals surface area (Å²) < 4.78 is 25.3. The van der Waals surface area contributed by atoms with E-state index in [-0.39, 0.29) is 11.1 Å². The van der Waals surface area contributed by atoms with Crippen LogP contribution in [0, 0.1) is 29.9 Å². The maximum absolute atomic E-state index is 12.8. The van der Waals surface area contributed by atoms with Crippen LogP contribution in [0.1, 0.15) is 25.0 Å². The summed E-state index contributed by atoms with van der Waals surface area (Å²) in [6.45, 7) is 5.30. The van der Waals surface area contributed by atoms with Crippen molar-refractivity contribution in [2.24, 2.45) is 0 Å². The first-order valence-electron chi connectivity index (χ1n) is 4.01. The smallest absolute Gasteiger partial charge is 0.146 e. The largest absolute Gasteiger partial charge is 0.207 e. The molecule has 1 aromatic carbocycles. The summed E-state index contributed by atoms with van der Waals surface area (Å²) in [6.07, 6.45) is 0. The summed E-state index contributed by atoms with van der Waals surface area (Å²) in [6, 6.07) is 3.82. The number of hydrogen-bond donors (Lipinski definition) is 0. The fourth-order valence-electron chi connectivity index (χ4n) is 0.748. The average Bonchev–Trinajstić information content (AvgIpc) is 2.18. The highest BCUT2D eigenvalue weighted by atomic mass is 19.1. The molecule has 0 N–H and O–H groups in total. The molecule has 0 atom stereocenters. The zero-order valence-electron chi connectivity index (χ0n) is 7.86. The van der Waals surface area contributed by atoms with Crippen LogP contribution in [0.2, 0.25) is 0 Å². The van der Waals surface area contributed by atoms with Gasteiger partial charge < -0.3 is 0 Å². The highest BCUT2D eigenvalue weighted by molar-refractivity contribution is 5.34. The highest BCUT2D eigenvalue weighted by Gasteiger charge is 2.07. The lowest BCUT2D eigenvalue weighted by atomic mass is 10.1. The van der Waals surface area contributed by atoms with Crippen molar-refractivity contribution in [2.75, 3.05) is 0 Å². The number of benzene rings is 1. The van der Waals surface area contributed by atoms with Gasteiger partial charge in [-0.25, -0.2) is 8.78 Å². The van der Waals surface area contributed by atoms with E-state index < -0.39 is 11.6 Å². The van der Waals surface area contributed by atoms with Crippen LogP contribution in [0.4, 0.5) is 8.78 Å². The van der Waals surface area contributed by atoms with Crippen LogP contribution in [0.25, 0.3) is 0 Å². The Morgan fingerprint density at radius 2 is 1.77 bits per heavy atom. The van der Waals surface area contributed by atoms with Crippen molar-refractivity contribution in [3.63, 3.8) is 0 Å². The topological polar surface area (TPSA) is 23.8 Å². The molecular weight excluding hydrogens is 172 g/mol. The van der Waals surface area contributed by atoms with Gasteiger partial charge >= 0.3 is 0 Å². The van der Waals surface area contributed by atoms with E-state index in [0.717, 1.165) is 12.1 Å². The lowest BCUT2D eigenvalue weighted by Gasteiger charge is -1.98. The molecule has 0 aliphatic carbocycles. The van der Waals surface area contributed by atoms with Crippen LogP contribution in [-0.2, 0) is 0 Å². The van der Waals surface area contributed by atoms with E-state index in [0.29, 0.717) is 0 Å². The zero-order chi connectivity index (χ0) is 10.4. The second kappa shape index (κ2) is 5.26. The van der Waals surface area contributed by atoms with E-state index >= 15 is 0 Å². The third kappa shape index (κ3) is 2.51. The SMILES string of the molecule is CC.Cc1c(F)ccc(C#N)c1F. The Labute approximate surface area is 76.6 Å². The Bertz CT molecular complexity index is 326. The van der Waals surface area contributed by atoms with Crippen molar-refractivity contribution >= 4 is 0 Å². The van der Waals surface area contributed by atoms with Gasteiger partial charge in [-0.1, -0.05) is 13.8 Å². The van der Waals surface area contributed by atoms with Crippen LogP contribution >= 0.6 is 0 Å². The minimum absolute atomic E-state index is 0.107. The summed E-state index contributed by atoms with van der Waals surface area (Å²) in [5.74, 6) is -1.39. The molecule has 3 heteroatoms. The predicted molar refractivity (Wildman–Crippen MR) is 47.2 cm³/mol. The molecule has 0 saturated heterocycles. The molecule has 0 unspecified atom stereocenters. The molecule has 0 heterocycles. The third-order valence-electron chi connectivity index (χ3n) is 1.44. The molecule has 0 bridgehead atoms. The summed E-state index contributed by atoms with van der Waals surface area (Å²) in [5.41, 5.74) is -0.229. The second-order valence-electron chi connectivity index (χ2n) is 2.15. The fourth-order valence-corrected chi connectivity index (χ4v) is 0.748. The van der Waals surface area contributed by atoms with Gasteiger partial charge in [0.05, 0.1) is 5.56 Å². The Hall–Kier alpha value is -1.43. The number of nitrogens with zero attached hydrogens (tertiary/aromatic N) is 1. The average molecular weight is 183 g/mol. The van der Waals surface area contributed by atoms with E-state index in [2.05, 4.69) is 0 Å². The lowest BCUT2D eigenvalue weighted by molar-refractivity contribution is 0.566. The van der Waals surface area contributed by atoms with Crippen molar-refractivity contribution in [2.45, 2.75) is 20.8 Å². The molecule has 0 fully saturated rings. The molecule has 0 radical (unpaired) electrons. The minimum Gasteiger partial charge on any atom is -0.207 e. The zero-order valence-corrected chi connectivity index (χ0v) is 7.86. The van der Waals surface area contributed by atoms with E-state index in [1.54, 1.807) is 6.07 Å². The van der Waals surface area contributed by atoms with E-state index in [1.165, 1.54) is 6.92 Å². The normalized spacial score (nSPS) is 8.31. The van der Waals surface area contributed by atoms with Gasteiger partial charge in [0.25, 0.3) is 0 Å². The van der Waals surface area contributed by atoms with Crippen molar-refractivity contribution in [1.82, 2.24) is 0 Å². The van der Waals surface area contributed by atoms with Gasteiger partial charge in [0.15, 0.2) is 0 Å². The molecular formula is C10H11F2N. The highest BCUT2D eigenvalue weighted by Crippen LogP contribution is 2.14. The molecule has 1 rings (SSSR count). The van der Waals surface area contributed by atoms with E-state index in [4.69, 9.17) is 5.26 Å². The second-order valence-corrected chi connectivity index (χ2v) is 2.15. The number of nitriles is 1. The lowest BCUT2D eigenvalue weighted by Crippen LogP contribution is -1.91. The Kier molecular flexibility index (Phi) is 4.68. The molecule has 13 heavy (non-hydrogen) atoms. The van der Waals surface area contributed by atoms with Gasteiger partial charge in [0.2, 0.25) is 0 Å². The van der Waals surface area contributed by atoms with Crippen LogP contribution in [0.15, 0.2) is 12.1 Å². The first-order valence-corrected chi connectivity index (χ1v) is 4.01. The first-order chi connectivity index (χ1) is 6.16. The maximum Gasteiger partial charge on any atom is 0.146 e. The summed E-state index contributed by atoms with van der Waals surface area (Å²) in [7, 11) is 0. The van der Waals surface area contributed by atoms with Gasteiger partial charge in [-0.3, -0.25) is 0 Å². The Morgan fingerprint density at radius 1 is 1.23 bits per heavy atom. The van der Waals surface area contributed by atoms with E-state index in [9.17, 15) is 8.78 Å². The summed E-state index contributed by atoms with van der Waals surface area (Å²) in [4.78, 5) is 0. The molecule has 0 amide bonds. The van der Waals surface area contributed by atoms with Gasteiger partial charge in [-0.15, -0.1) is 0 Å². The van der Waals surface area contributed by atoms with Gasteiger partial charge in [0, 0.05) is 5.56 Å². The molecule has 1 aromatic rings. The van der Waals surface area contributed by atoms with E-state index in [1.807, 2.05) is 13.8 Å². The molecule has 0 aromatic heterocycles. The number of hydrogen-bond acceptors (Lipinski definition) is 1. The summed E-state index contributed by atoms with van der Waals surface area (Å²) >= 11 is 0. The van der Waals surface area contributed by atoms with Gasteiger partial charge in [-0.2, -0.15) is 5.26 Å². The monoisotopic (exact) mass is 183 g/mol. The quantitative estimate of drug-likeness (QED) is 0.606. The molecule has 0 spiro atoms. The number of halogens is 2.